The van der Waals surface area contributed by atoms with E-state index >= 15 is 0 Å². The lowest BCUT2D eigenvalue weighted by Gasteiger charge is -2.20. The van der Waals surface area contributed by atoms with Crippen molar-refractivity contribution in [2.75, 3.05) is 7.11 Å². The average molecular weight is 221 g/mol. The Bertz CT molecular complexity index is 468. The first kappa shape index (κ1) is 10.8. The lowest BCUT2D eigenvalue weighted by atomic mass is 9.94. The van der Waals surface area contributed by atoms with Crippen molar-refractivity contribution in [3.05, 3.63) is 35.1 Å². The fraction of sp³-hybridized carbons (Fsp3) is 0.333. The molecular formula is C12H12FNO2. The zero-order valence-corrected chi connectivity index (χ0v) is 9.16. The van der Waals surface area contributed by atoms with Crippen LogP contribution in [-0.4, -0.2) is 24.8 Å². The standard InChI is InChI=1S/C12H12FNO2/c1-7-10-6-9(13)4-3-8(10)5-11(14-7)12(15)16-2/h3-4,6,11H,5H2,1-2H3/t11-/m0/s1. The molecule has 0 aromatic heterocycles. The van der Waals surface area contributed by atoms with Crippen molar-refractivity contribution in [2.45, 2.75) is 19.4 Å². The third-order valence-electron chi connectivity index (χ3n) is 2.70. The summed E-state index contributed by atoms with van der Waals surface area (Å²) < 4.78 is 17.7. The van der Waals surface area contributed by atoms with Gasteiger partial charge in [-0.15, -0.1) is 0 Å². The number of ether oxygens (including phenoxy) is 1. The summed E-state index contributed by atoms with van der Waals surface area (Å²) in [7, 11) is 1.34. The molecule has 1 atom stereocenters. The molecule has 4 heteroatoms. The molecule has 0 spiro atoms. The zero-order valence-electron chi connectivity index (χ0n) is 9.16. The highest BCUT2D eigenvalue weighted by molar-refractivity contribution is 6.02. The van der Waals surface area contributed by atoms with E-state index in [1.165, 1.54) is 19.2 Å². The summed E-state index contributed by atoms with van der Waals surface area (Å²) in [5.41, 5.74) is 2.39. The van der Waals surface area contributed by atoms with E-state index in [9.17, 15) is 9.18 Å². The average Bonchev–Trinajstić information content (AvgIpc) is 2.28. The molecule has 1 aliphatic rings. The predicted octanol–water partition coefficient (Wildman–Crippen LogP) is 1.73. The molecule has 0 bridgehead atoms. The summed E-state index contributed by atoms with van der Waals surface area (Å²) in [4.78, 5) is 15.6. The fourth-order valence-corrected chi connectivity index (χ4v) is 1.89. The quantitative estimate of drug-likeness (QED) is 0.677. The number of carbonyl (C=O) groups excluding carboxylic acids is 1. The summed E-state index contributed by atoms with van der Waals surface area (Å²) in [6.45, 7) is 1.77. The topological polar surface area (TPSA) is 38.7 Å². The second kappa shape index (κ2) is 4.04. The van der Waals surface area contributed by atoms with Gasteiger partial charge < -0.3 is 4.74 Å². The Balaban J connectivity index is 2.39. The van der Waals surface area contributed by atoms with Gasteiger partial charge in [0.25, 0.3) is 0 Å². The van der Waals surface area contributed by atoms with Gasteiger partial charge in [0.1, 0.15) is 5.82 Å². The van der Waals surface area contributed by atoms with E-state index in [-0.39, 0.29) is 11.8 Å². The van der Waals surface area contributed by atoms with Gasteiger partial charge in [-0.25, -0.2) is 9.18 Å². The van der Waals surface area contributed by atoms with Crippen molar-refractivity contribution < 1.29 is 13.9 Å². The highest BCUT2D eigenvalue weighted by Gasteiger charge is 2.25. The van der Waals surface area contributed by atoms with Gasteiger partial charge in [0.2, 0.25) is 0 Å². The van der Waals surface area contributed by atoms with Gasteiger partial charge in [-0.2, -0.15) is 0 Å². The van der Waals surface area contributed by atoms with E-state index in [4.69, 9.17) is 0 Å². The summed E-state index contributed by atoms with van der Waals surface area (Å²) in [5.74, 6) is -0.640. The normalized spacial score (nSPS) is 18.7. The number of benzene rings is 1. The van der Waals surface area contributed by atoms with Crippen molar-refractivity contribution in [3.63, 3.8) is 0 Å². The summed E-state index contributed by atoms with van der Waals surface area (Å²) in [5, 5.41) is 0. The number of hydrogen-bond acceptors (Lipinski definition) is 3. The number of rotatable bonds is 1. The van der Waals surface area contributed by atoms with Crippen molar-refractivity contribution in [2.24, 2.45) is 4.99 Å². The lowest BCUT2D eigenvalue weighted by molar-refractivity contribution is -0.142. The van der Waals surface area contributed by atoms with Crippen LogP contribution in [0.15, 0.2) is 23.2 Å². The Morgan fingerprint density at radius 1 is 1.56 bits per heavy atom. The Hall–Kier alpha value is -1.71. The van der Waals surface area contributed by atoms with Crippen molar-refractivity contribution in [1.29, 1.82) is 0 Å². The Labute approximate surface area is 93.0 Å². The number of nitrogens with zero attached hydrogens (tertiary/aromatic N) is 1. The minimum atomic E-state index is -0.497. The van der Waals surface area contributed by atoms with E-state index in [1.54, 1.807) is 13.0 Å². The van der Waals surface area contributed by atoms with Crippen molar-refractivity contribution >= 4 is 11.7 Å². The smallest absolute Gasteiger partial charge is 0.330 e. The van der Waals surface area contributed by atoms with Crippen molar-refractivity contribution in [3.8, 4) is 0 Å². The molecular weight excluding hydrogens is 209 g/mol. The van der Waals surface area contributed by atoms with E-state index in [0.717, 1.165) is 11.1 Å². The monoisotopic (exact) mass is 221 g/mol. The molecule has 0 aliphatic carbocycles. The van der Waals surface area contributed by atoms with Crippen LogP contribution in [0.4, 0.5) is 4.39 Å². The second-order valence-electron chi connectivity index (χ2n) is 3.76. The maximum Gasteiger partial charge on any atom is 0.330 e. The van der Waals surface area contributed by atoms with Crippen LogP contribution in [0.2, 0.25) is 0 Å². The number of methoxy groups -OCH3 is 1. The molecule has 0 radical (unpaired) electrons. The molecule has 0 N–H and O–H groups in total. The fourth-order valence-electron chi connectivity index (χ4n) is 1.89. The predicted molar refractivity (Wildman–Crippen MR) is 58.1 cm³/mol. The molecule has 2 rings (SSSR count). The van der Waals surface area contributed by atoms with Gasteiger partial charge in [0.05, 0.1) is 7.11 Å². The number of aliphatic imine (C=N–C) groups is 1. The number of hydrogen-bond donors (Lipinski definition) is 0. The van der Waals surface area contributed by atoms with E-state index in [1.807, 2.05) is 0 Å². The van der Waals surface area contributed by atoms with Crippen LogP contribution in [0.5, 0.6) is 0 Å². The summed E-state index contributed by atoms with van der Waals surface area (Å²) >= 11 is 0. The number of esters is 1. The van der Waals surface area contributed by atoms with Crippen molar-refractivity contribution in [1.82, 2.24) is 0 Å². The number of halogens is 1. The minimum Gasteiger partial charge on any atom is -0.467 e. The molecule has 1 aromatic carbocycles. The molecule has 0 saturated carbocycles. The van der Waals surface area contributed by atoms with Gasteiger partial charge in [0, 0.05) is 17.7 Å². The van der Waals surface area contributed by atoms with Crippen LogP contribution in [0.3, 0.4) is 0 Å². The van der Waals surface area contributed by atoms with E-state index < -0.39 is 6.04 Å². The largest absolute Gasteiger partial charge is 0.467 e. The number of fused-ring (bicyclic) bond motifs is 1. The molecule has 1 heterocycles. The first-order chi connectivity index (χ1) is 7.61. The molecule has 3 nitrogen and oxygen atoms in total. The maximum atomic E-state index is 13.0. The van der Waals surface area contributed by atoms with E-state index in [2.05, 4.69) is 9.73 Å². The zero-order chi connectivity index (χ0) is 11.7. The maximum absolute atomic E-state index is 13.0. The molecule has 0 fully saturated rings. The third-order valence-corrected chi connectivity index (χ3v) is 2.70. The minimum absolute atomic E-state index is 0.287. The lowest BCUT2D eigenvalue weighted by Crippen LogP contribution is -2.28. The molecule has 0 saturated heterocycles. The van der Waals surface area contributed by atoms with Crippen LogP contribution in [0, 0.1) is 5.82 Å². The highest BCUT2D eigenvalue weighted by Crippen LogP contribution is 2.21. The summed E-state index contributed by atoms with van der Waals surface area (Å²) in [6.07, 6.45) is 0.472. The third kappa shape index (κ3) is 1.83. The molecule has 1 aliphatic heterocycles. The molecule has 1 aromatic rings. The first-order valence-electron chi connectivity index (χ1n) is 5.03. The van der Waals surface area contributed by atoms with Crippen LogP contribution >= 0.6 is 0 Å². The Kier molecular flexibility index (Phi) is 2.73. The second-order valence-corrected chi connectivity index (χ2v) is 3.76. The van der Waals surface area contributed by atoms with Crippen LogP contribution in [-0.2, 0) is 16.0 Å². The van der Waals surface area contributed by atoms with Gasteiger partial charge in [0.15, 0.2) is 6.04 Å². The molecule has 84 valence electrons. The molecule has 0 unspecified atom stereocenters. The Morgan fingerprint density at radius 3 is 3.00 bits per heavy atom. The van der Waals surface area contributed by atoms with Gasteiger partial charge in [-0.3, -0.25) is 4.99 Å². The van der Waals surface area contributed by atoms with Crippen LogP contribution < -0.4 is 0 Å². The van der Waals surface area contributed by atoms with Gasteiger partial charge in [-0.05, 0) is 24.6 Å². The van der Waals surface area contributed by atoms with Crippen LogP contribution in [0.1, 0.15) is 18.1 Å². The summed E-state index contributed by atoms with van der Waals surface area (Å²) in [6, 6.07) is 4.04. The van der Waals surface area contributed by atoms with Gasteiger partial charge >= 0.3 is 5.97 Å². The SMILES string of the molecule is COC(=O)[C@@H]1Cc2ccc(F)cc2C(C)=N1. The number of carbonyl (C=O) groups is 1. The van der Waals surface area contributed by atoms with Crippen LogP contribution in [0.25, 0.3) is 0 Å². The molecule has 0 amide bonds. The van der Waals surface area contributed by atoms with E-state index in [0.29, 0.717) is 12.1 Å². The van der Waals surface area contributed by atoms with Gasteiger partial charge in [-0.1, -0.05) is 6.07 Å². The highest BCUT2D eigenvalue weighted by atomic mass is 19.1. The Morgan fingerprint density at radius 2 is 2.31 bits per heavy atom. The first-order valence-corrected chi connectivity index (χ1v) is 5.03. The molecule has 16 heavy (non-hydrogen) atoms.